The van der Waals surface area contributed by atoms with Gasteiger partial charge in [-0.3, -0.25) is 0 Å². The van der Waals surface area contributed by atoms with Crippen LogP contribution in [-0.4, -0.2) is 31.6 Å². The van der Waals surface area contributed by atoms with E-state index in [0.29, 0.717) is 17.5 Å². The van der Waals surface area contributed by atoms with E-state index in [1.54, 1.807) is 0 Å². The molecule has 1 N–H and O–H groups in total. The number of anilines is 2. The van der Waals surface area contributed by atoms with Gasteiger partial charge in [-0.1, -0.05) is 48.0 Å². The summed E-state index contributed by atoms with van der Waals surface area (Å²) in [6.07, 6.45) is 0. The molecule has 0 bridgehead atoms. The Morgan fingerprint density at radius 1 is 0.793 bits per heavy atom. The molecule has 0 fully saturated rings. The van der Waals surface area contributed by atoms with Crippen molar-refractivity contribution < 1.29 is 0 Å². The fraction of sp³-hybridized carbons (Fsp3) is 0.125. The van der Waals surface area contributed by atoms with Crippen molar-refractivity contribution in [2.45, 2.75) is 6.92 Å². The molecule has 5 heteroatoms. The van der Waals surface area contributed by atoms with Gasteiger partial charge in [-0.25, -0.2) is 15.0 Å². The largest absolute Gasteiger partial charge is 0.378 e. The maximum atomic E-state index is 4.73. The van der Waals surface area contributed by atoms with Crippen molar-refractivity contribution in [3.8, 4) is 0 Å². The summed E-state index contributed by atoms with van der Waals surface area (Å²) in [5, 5.41) is 3.37. The minimum absolute atomic E-state index is 0.574. The van der Waals surface area contributed by atoms with E-state index < -0.39 is 0 Å². The van der Waals surface area contributed by atoms with Crippen molar-refractivity contribution in [3.05, 3.63) is 90.0 Å². The summed E-state index contributed by atoms with van der Waals surface area (Å²) in [6.45, 7) is 2.06. The zero-order chi connectivity index (χ0) is 20.2. The van der Waals surface area contributed by atoms with Gasteiger partial charge in [0, 0.05) is 31.0 Å². The predicted octanol–water partition coefficient (Wildman–Crippen LogP) is 5.06. The minimum atomic E-state index is 0.574. The van der Waals surface area contributed by atoms with Crippen LogP contribution in [0.1, 0.15) is 11.1 Å². The highest BCUT2D eigenvalue weighted by atomic mass is 15.2. The van der Waals surface area contributed by atoms with Gasteiger partial charge >= 0.3 is 0 Å². The first-order valence-electron chi connectivity index (χ1n) is 9.51. The number of nitrogens with zero attached hydrogens (tertiary/aromatic N) is 4. The van der Waals surface area contributed by atoms with Gasteiger partial charge in [0.25, 0.3) is 0 Å². The quantitative estimate of drug-likeness (QED) is 0.687. The average molecular weight is 381 g/mol. The normalized spacial score (nSPS) is 14.5. The Morgan fingerprint density at radius 3 is 2.14 bits per heavy atom. The van der Waals surface area contributed by atoms with E-state index in [-0.39, 0.29) is 0 Å². The van der Waals surface area contributed by atoms with E-state index in [4.69, 9.17) is 15.0 Å². The number of aliphatic imine (C=N–C) groups is 3. The predicted molar refractivity (Wildman–Crippen MR) is 123 cm³/mol. The molecule has 1 aliphatic rings. The van der Waals surface area contributed by atoms with Crippen molar-refractivity contribution >= 4 is 34.6 Å². The summed E-state index contributed by atoms with van der Waals surface area (Å²) < 4.78 is 0. The smallest absolute Gasteiger partial charge is 0.198 e. The van der Waals surface area contributed by atoms with E-state index in [1.807, 2.05) is 80.8 Å². The first-order chi connectivity index (χ1) is 14.1. The van der Waals surface area contributed by atoms with E-state index in [2.05, 4.69) is 29.3 Å². The van der Waals surface area contributed by atoms with Crippen molar-refractivity contribution in [2.24, 2.45) is 15.0 Å². The molecule has 3 aromatic rings. The Kier molecular flexibility index (Phi) is 5.20. The molecule has 0 spiro atoms. The summed E-state index contributed by atoms with van der Waals surface area (Å²) in [5.74, 6) is 1.87. The first-order valence-corrected chi connectivity index (χ1v) is 9.51. The van der Waals surface area contributed by atoms with Crippen LogP contribution in [0.3, 0.4) is 0 Å². The number of aryl methyl sites for hydroxylation is 1. The lowest BCUT2D eigenvalue weighted by Crippen LogP contribution is -2.19. The molecule has 0 saturated heterocycles. The third kappa shape index (κ3) is 4.41. The molecule has 29 heavy (non-hydrogen) atoms. The second kappa shape index (κ2) is 8.10. The molecule has 0 saturated carbocycles. The number of nitrogens with one attached hydrogen (secondary N) is 1. The summed E-state index contributed by atoms with van der Waals surface area (Å²) in [7, 11) is 4.05. The van der Waals surface area contributed by atoms with Gasteiger partial charge in [-0.05, 0) is 43.3 Å². The fourth-order valence-electron chi connectivity index (χ4n) is 2.93. The van der Waals surface area contributed by atoms with Crippen molar-refractivity contribution in [1.82, 2.24) is 0 Å². The molecule has 1 heterocycles. The van der Waals surface area contributed by atoms with Gasteiger partial charge in [0.05, 0.1) is 5.69 Å². The summed E-state index contributed by atoms with van der Waals surface area (Å²) >= 11 is 0. The Labute approximate surface area is 171 Å². The van der Waals surface area contributed by atoms with E-state index in [9.17, 15) is 0 Å². The molecule has 144 valence electrons. The van der Waals surface area contributed by atoms with Gasteiger partial charge in [0.15, 0.2) is 17.5 Å². The van der Waals surface area contributed by atoms with Gasteiger partial charge in [-0.2, -0.15) is 0 Å². The van der Waals surface area contributed by atoms with Crippen LogP contribution in [0.5, 0.6) is 0 Å². The van der Waals surface area contributed by atoms with Crippen LogP contribution in [0, 0.1) is 6.92 Å². The standard InChI is InChI=1S/C24H23N5/c1-17-9-11-19(12-10-17)25-23-24(26-20-13-15-21(16-14-20)29(2)3)28-22(27-23)18-7-5-4-6-8-18/h4-16H,1-3H3,(H,25,26,27,28). The van der Waals surface area contributed by atoms with Crippen molar-refractivity contribution in [1.29, 1.82) is 0 Å². The van der Waals surface area contributed by atoms with Crippen LogP contribution in [0.2, 0.25) is 0 Å². The van der Waals surface area contributed by atoms with Crippen LogP contribution in [0.4, 0.5) is 17.1 Å². The summed E-state index contributed by atoms with van der Waals surface area (Å²) in [6, 6.07) is 26.2. The third-order valence-electron chi connectivity index (χ3n) is 4.59. The molecular formula is C24H23N5. The van der Waals surface area contributed by atoms with Crippen LogP contribution >= 0.6 is 0 Å². The second-order valence-electron chi connectivity index (χ2n) is 7.10. The molecule has 0 unspecified atom stereocenters. The topological polar surface area (TPSA) is 52.4 Å². The molecule has 0 radical (unpaired) electrons. The Morgan fingerprint density at radius 2 is 1.48 bits per heavy atom. The number of benzene rings is 3. The van der Waals surface area contributed by atoms with Crippen LogP contribution in [0.25, 0.3) is 0 Å². The second-order valence-corrected chi connectivity index (χ2v) is 7.10. The highest BCUT2D eigenvalue weighted by molar-refractivity contribution is 6.51. The van der Waals surface area contributed by atoms with Crippen molar-refractivity contribution in [3.63, 3.8) is 0 Å². The molecule has 1 aliphatic heterocycles. The average Bonchev–Trinajstić information content (AvgIpc) is 3.13. The maximum Gasteiger partial charge on any atom is 0.198 e. The molecule has 5 nitrogen and oxygen atoms in total. The van der Waals surface area contributed by atoms with Gasteiger partial charge < -0.3 is 10.2 Å². The molecule has 4 rings (SSSR count). The Hall–Kier alpha value is -3.73. The Bertz CT molecular complexity index is 1080. The zero-order valence-electron chi connectivity index (χ0n) is 16.8. The van der Waals surface area contributed by atoms with Crippen LogP contribution in [0.15, 0.2) is 93.8 Å². The number of amidine groups is 3. The lowest BCUT2D eigenvalue weighted by molar-refractivity contribution is 1.13. The maximum absolute atomic E-state index is 4.73. The summed E-state index contributed by atoms with van der Waals surface area (Å²) in [4.78, 5) is 16.2. The van der Waals surface area contributed by atoms with Gasteiger partial charge in [-0.15, -0.1) is 0 Å². The lowest BCUT2D eigenvalue weighted by Gasteiger charge is -2.13. The first kappa shape index (κ1) is 18.6. The SMILES string of the molecule is Cc1ccc(N=C2N=C(c3ccccc3)N=C2Nc2ccc(N(C)C)cc2)cc1. The zero-order valence-corrected chi connectivity index (χ0v) is 16.8. The van der Waals surface area contributed by atoms with Gasteiger partial charge in [0.1, 0.15) is 0 Å². The molecule has 0 atom stereocenters. The number of hydrogen-bond acceptors (Lipinski definition) is 4. The van der Waals surface area contributed by atoms with Gasteiger partial charge in [0.2, 0.25) is 0 Å². The summed E-state index contributed by atoms with van der Waals surface area (Å²) in [5.41, 5.74) is 5.08. The minimum Gasteiger partial charge on any atom is -0.378 e. The highest BCUT2D eigenvalue weighted by Crippen LogP contribution is 2.20. The van der Waals surface area contributed by atoms with Crippen molar-refractivity contribution in [2.75, 3.05) is 24.3 Å². The van der Waals surface area contributed by atoms with Crippen LogP contribution in [-0.2, 0) is 0 Å². The number of hydrogen-bond donors (Lipinski definition) is 1. The van der Waals surface area contributed by atoms with E-state index >= 15 is 0 Å². The van der Waals surface area contributed by atoms with Crippen LogP contribution < -0.4 is 10.2 Å². The molecular weight excluding hydrogens is 358 g/mol. The monoisotopic (exact) mass is 381 g/mol. The Balaban J connectivity index is 1.67. The number of rotatable bonds is 4. The molecule has 0 amide bonds. The molecule has 3 aromatic carbocycles. The molecule has 0 aromatic heterocycles. The third-order valence-corrected chi connectivity index (χ3v) is 4.59. The lowest BCUT2D eigenvalue weighted by atomic mass is 10.2. The highest BCUT2D eigenvalue weighted by Gasteiger charge is 2.20. The van der Waals surface area contributed by atoms with E-state index in [1.165, 1.54) is 5.56 Å². The molecule has 0 aliphatic carbocycles. The fourth-order valence-corrected chi connectivity index (χ4v) is 2.93. The van der Waals surface area contributed by atoms with E-state index in [0.717, 1.165) is 22.6 Å².